The van der Waals surface area contributed by atoms with E-state index in [2.05, 4.69) is 24.0 Å². The minimum atomic E-state index is -0.0836. The molecule has 2 atom stereocenters. The molecule has 0 aliphatic carbocycles. The fourth-order valence-electron chi connectivity index (χ4n) is 2.47. The summed E-state index contributed by atoms with van der Waals surface area (Å²) in [6.45, 7) is 7.68. The van der Waals surface area contributed by atoms with Crippen LogP contribution in [0.4, 0.5) is 0 Å². The summed E-state index contributed by atoms with van der Waals surface area (Å²) in [5, 5.41) is 0. The number of esters is 1. The van der Waals surface area contributed by atoms with E-state index in [0.717, 1.165) is 13.1 Å². The van der Waals surface area contributed by atoms with E-state index in [1.165, 1.54) is 5.56 Å². The van der Waals surface area contributed by atoms with Crippen LogP contribution in [0.2, 0.25) is 0 Å². The minimum Gasteiger partial charge on any atom is -0.462 e. The van der Waals surface area contributed by atoms with Crippen LogP contribution in [0.3, 0.4) is 0 Å². The van der Waals surface area contributed by atoms with Crippen LogP contribution in [-0.4, -0.2) is 29.6 Å². The lowest BCUT2D eigenvalue weighted by Gasteiger charge is -2.45. The Bertz CT molecular complexity index is 402. The molecule has 0 N–H and O–H groups in total. The summed E-state index contributed by atoms with van der Waals surface area (Å²) < 4.78 is 5.31. The van der Waals surface area contributed by atoms with Crippen LogP contribution in [-0.2, 0) is 16.1 Å². The molecule has 1 saturated heterocycles. The smallest absolute Gasteiger partial charge is 0.323 e. The number of carbonyl (C=O) groups excluding carboxylic acids is 1. The Labute approximate surface area is 109 Å². The SMILES string of the molecule is CC(C)OC(=O)C1C(C)CN1Cc1ccccc1. The Balaban J connectivity index is 1.96. The van der Waals surface area contributed by atoms with Crippen molar-refractivity contribution in [1.29, 1.82) is 0 Å². The van der Waals surface area contributed by atoms with Crippen LogP contribution in [0.1, 0.15) is 26.3 Å². The molecule has 2 unspecified atom stereocenters. The van der Waals surface area contributed by atoms with Crippen LogP contribution >= 0.6 is 0 Å². The van der Waals surface area contributed by atoms with E-state index in [-0.39, 0.29) is 18.1 Å². The maximum atomic E-state index is 12.0. The minimum absolute atomic E-state index is 0.0381. The molecule has 3 nitrogen and oxygen atoms in total. The lowest BCUT2D eigenvalue weighted by Crippen LogP contribution is -2.59. The van der Waals surface area contributed by atoms with E-state index in [1.807, 2.05) is 32.0 Å². The molecule has 0 saturated carbocycles. The number of rotatable bonds is 4. The third kappa shape index (κ3) is 2.91. The highest BCUT2D eigenvalue weighted by Gasteiger charge is 2.42. The van der Waals surface area contributed by atoms with Crippen molar-refractivity contribution >= 4 is 5.97 Å². The zero-order chi connectivity index (χ0) is 13.1. The second-order valence-corrected chi connectivity index (χ2v) is 5.32. The second-order valence-electron chi connectivity index (χ2n) is 5.32. The average molecular weight is 247 g/mol. The van der Waals surface area contributed by atoms with Crippen molar-refractivity contribution in [3.05, 3.63) is 35.9 Å². The Kier molecular flexibility index (Phi) is 4.02. The summed E-state index contributed by atoms with van der Waals surface area (Å²) in [6, 6.07) is 10.2. The van der Waals surface area contributed by atoms with Gasteiger partial charge >= 0.3 is 5.97 Å². The summed E-state index contributed by atoms with van der Waals surface area (Å²) in [7, 11) is 0. The Morgan fingerprint density at radius 2 is 2.06 bits per heavy atom. The maximum absolute atomic E-state index is 12.0. The van der Waals surface area contributed by atoms with Gasteiger partial charge in [-0.25, -0.2) is 0 Å². The molecule has 0 radical (unpaired) electrons. The standard InChI is InChI=1S/C15H21NO2/c1-11(2)18-15(17)14-12(3)9-16(14)10-13-7-5-4-6-8-13/h4-8,11-12,14H,9-10H2,1-3H3. The van der Waals surface area contributed by atoms with Crippen LogP contribution in [0, 0.1) is 5.92 Å². The van der Waals surface area contributed by atoms with E-state index in [4.69, 9.17) is 4.74 Å². The lowest BCUT2D eigenvalue weighted by atomic mass is 9.89. The van der Waals surface area contributed by atoms with Gasteiger partial charge in [0, 0.05) is 13.1 Å². The molecule has 1 heterocycles. The molecule has 1 aliphatic rings. The van der Waals surface area contributed by atoms with Crippen LogP contribution in [0.25, 0.3) is 0 Å². The third-order valence-electron chi connectivity index (χ3n) is 3.28. The first-order valence-electron chi connectivity index (χ1n) is 6.56. The first-order chi connectivity index (χ1) is 8.58. The van der Waals surface area contributed by atoms with Gasteiger partial charge in [-0.3, -0.25) is 9.69 Å². The molecule has 1 aliphatic heterocycles. The van der Waals surface area contributed by atoms with Gasteiger partial charge in [0.25, 0.3) is 0 Å². The van der Waals surface area contributed by atoms with Crippen LogP contribution in [0.15, 0.2) is 30.3 Å². The fraction of sp³-hybridized carbons (Fsp3) is 0.533. The summed E-state index contributed by atoms with van der Waals surface area (Å²) in [4.78, 5) is 14.2. The van der Waals surface area contributed by atoms with Gasteiger partial charge in [0.2, 0.25) is 0 Å². The van der Waals surface area contributed by atoms with Gasteiger partial charge < -0.3 is 4.74 Å². The van der Waals surface area contributed by atoms with Gasteiger partial charge in [0.05, 0.1) is 6.10 Å². The van der Waals surface area contributed by atoms with Crippen LogP contribution < -0.4 is 0 Å². The van der Waals surface area contributed by atoms with Gasteiger partial charge in [0.15, 0.2) is 0 Å². The molecule has 0 amide bonds. The molecule has 1 aromatic rings. The van der Waals surface area contributed by atoms with E-state index >= 15 is 0 Å². The van der Waals surface area contributed by atoms with Crippen LogP contribution in [0.5, 0.6) is 0 Å². The van der Waals surface area contributed by atoms with Crippen molar-refractivity contribution in [2.75, 3.05) is 6.54 Å². The zero-order valence-electron chi connectivity index (χ0n) is 11.3. The normalized spacial score (nSPS) is 23.8. The van der Waals surface area contributed by atoms with E-state index in [9.17, 15) is 4.79 Å². The highest BCUT2D eigenvalue weighted by Crippen LogP contribution is 2.27. The first-order valence-corrected chi connectivity index (χ1v) is 6.56. The number of hydrogen-bond acceptors (Lipinski definition) is 3. The van der Waals surface area contributed by atoms with Gasteiger partial charge in [-0.2, -0.15) is 0 Å². The number of benzene rings is 1. The van der Waals surface area contributed by atoms with Crippen molar-refractivity contribution in [1.82, 2.24) is 4.90 Å². The van der Waals surface area contributed by atoms with Gasteiger partial charge in [0.1, 0.15) is 6.04 Å². The van der Waals surface area contributed by atoms with Crippen molar-refractivity contribution in [3.63, 3.8) is 0 Å². The predicted octanol–water partition coefficient (Wildman–Crippen LogP) is 2.46. The summed E-state index contributed by atoms with van der Waals surface area (Å²) >= 11 is 0. The summed E-state index contributed by atoms with van der Waals surface area (Å²) in [5.41, 5.74) is 1.24. The molecule has 2 rings (SSSR count). The van der Waals surface area contributed by atoms with E-state index < -0.39 is 0 Å². The predicted molar refractivity (Wildman–Crippen MR) is 71.0 cm³/mol. The van der Waals surface area contributed by atoms with Crippen molar-refractivity contribution in [3.8, 4) is 0 Å². The molecule has 0 spiro atoms. The second kappa shape index (κ2) is 5.53. The molecular weight excluding hydrogens is 226 g/mol. The van der Waals surface area contributed by atoms with Crippen molar-refractivity contribution in [2.45, 2.75) is 39.5 Å². The monoisotopic (exact) mass is 247 g/mol. The molecule has 3 heteroatoms. The Hall–Kier alpha value is -1.35. The molecule has 0 aromatic heterocycles. The average Bonchev–Trinajstić information content (AvgIpc) is 2.28. The number of carbonyl (C=O) groups is 1. The third-order valence-corrected chi connectivity index (χ3v) is 3.28. The molecule has 18 heavy (non-hydrogen) atoms. The lowest BCUT2D eigenvalue weighted by molar-refractivity contribution is -0.164. The molecular formula is C15H21NO2. The summed E-state index contributed by atoms with van der Waals surface area (Å²) in [6.07, 6.45) is -0.0381. The van der Waals surface area contributed by atoms with Gasteiger partial charge in [-0.05, 0) is 25.3 Å². The number of hydrogen-bond donors (Lipinski definition) is 0. The van der Waals surface area contributed by atoms with Gasteiger partial charge in [-0.1, -0.05) is 37.3 Å². The maximum Gasteiger partial charge on any atom is 0.323 e. The zero-order valence-corrected chi connectivity index (χ0v) is 11.3. The number of ether oxygens (including phenoxy) is 1. The highest BCUT2D eigenvalue weighted by molar-refractivity contribution is 5.77. The molecule has 1 aromatic carbocycles. The Morgan fingerprint density at radius 1 is 1.39 bits per heavy atom. The largest absolute Gasteiger partial charge is 0.462 e. The van der Waals surface area contributed by atoms with Gasteiger partial charge in [-0.15, -0.1) is 0 Å². The van der Waals surface area contributed by atoms with Crippen molar-refractivity contribution in [2.24, 2.45) is 5.92 Å². The molecule has 0 bridgehead atoms. The van der Waals surface area contributed by atoms with E-state index in [1.54, 1.807) is 0 Å². The first kappa shape index (κ1) is 13.1. The highest BCUT2D eigenvalue weighted by atomic mass is 16.5. The number of nitrogens with zero attached hydrogens (tertiary/aromatic N) is 1. The molecule has 1 fully saturated rings. The topological polar surface area (TPSA) is 29.5 Å². The number of likely N-dealkylation sites (tertiary alicyclic amines) is 1. The quantitative estimate of drug-likeness (QED) is 0.765. The van der Waals surface area contributed by atoms with E-state index in [0.29, 0.717) is 5.92 Å². The Morgan fingerprint density at radius 3 is 2.61 bits per heavy atom. The summed E-state index contributed by atoms with van der Waals surface area (Å²) in [5.74, 6) is 0.305. The molecule has 98 valence electrons. The van der Waals surface area contributed by atoms with Crippen molar-refractivity contribution < 1.29 is 9.53 Å². The fourth-order valence-corrected chi connectivity index (χ4v) is 2.47.